The number of hydrogen-bond donors (Lipinski definition) is 0. The van der Waals surface area contributed by atoms with Crippen LogP contribution in [0, 0.1) is 6.92 Å². The number of alkyl halides is 1. The molecule has 1 aromatic heterocycles. The predicted octanol–water partition coefficient (Wildman–Crippen LogP) is 4.84. The Hall–Kier alpha value is -1.52. The molecule has 0 aliphatic rings. The van der Waals surface area contributed by atoms with Crippen LogP contribution in [0.2, 0.25) is 0 Å². The highest BCUT2D eigenvalue weighted by Crippen LogP contribution is 2.30. The molecule has 3 aromatic rings. The highest BCUT2D eigenvalue weighted by Gasteiger charge is 2.16. The molecule has 5 heteroatoms. The molecule has 3 rings (SSSR count). The smallest absolute Gasteiger partial charge is 0.146 e. The van der Waals surface area contributed by atoms with E-state index in [1.165, 1.54) is 0 Å². The fourth-order valence-corrected chi connectivity index (χ4v) is 3.17. The molecule has 0 unspecified atom stereocenters. The molecular formula is C16H14BrClN2O. The monoisotopic (exact) mass is 364 g/mol. The van der Waals surface area contributed by atoms with Gasteiger partial charge in [-0.05, 0) is 42.8 Å². The number of nitrogens with zero attached hydrogens (tertiary/aromatic N) is 2. The molecule has 0 radical (unpaired) electrons. The lowest BCUT2D eigenvalue weighted by Crippen LogP contribution is -2.01. The van der Waals surface area contributed by atoms with Gasteiger partial charge in [0.1, 0.15) is 17.1 Å². The molecule has 0 saturated heterocycles. The van der Waals surface area contributed by atoms with Crippen molar-refractivity contribution in [1.82, 2.24) is 9.55 Å². The van der Waals surface area contributed by atoms with Gasteiger partial charge in [-0.25, -0.2) is 4.98 Å². The summed E-state index contributed by atoms with van der Waals surface area (Å²) in [6.07, 6.45) is 0. The normalized spacial score (nSPS) is 11.0. The van der Waals surface area contributed by atoms with Gasteiger partial charge in [0.15, 0.2) is 0 Å². The van der Waals surface area contributed by atoms with E-state index in [1.54, 1.807) is 7.11 Å². The zero-order valence-electron chi connectivity index (χ0n) is 11.7. The van der Waals surface area contributed by atoms with E-state index in [0.717, 1.165) is 38.3 Å². The molecule has 2 aromatic carbocycles. The van der Waals surface area contributed by atoms with Crippen molar-refractivity contribution in [2.75, 3.05) is 7.11 Å². The largest absolute Gasteiger partial charge is 0.494 e. The van der Waals surface area contributed by atoms with E-state index >= 15 is 0 Å². The zero-order valence-corrected chi connectivity index (χ0v) is 14.1. The predicted molar refractivity (Wildman–Crippen MR) is 89.6 cm³/mol. The minimum atomic E-state index is 0.341. The van der Waals surface area contributed by atoms with E-state index < -0.39 is 0 Å². The van der Waals surface area contributed by atoms with Crippen LogP contribution in [0.25, 0.3) is 16.7 Å². The summed E-state index contributed by atoms with van der Waals surface area (Å²) >= 11 is 9.60. The fraction of sp³-hybridized carbons (Fsp3) is 0.188. The SMILES string of the molecule is COc1cccc2c1nc(CCl)n2-c1ccc(Br)cc1C. The van der Waals surface area contributed by atoms with Crippen molar-refractivity contribution < 1.29 is 4.74 Å². The number of hydrogen-bond acceptors (Lipinski definition) is 2. The average molecular weight is 366 g/mol. The Morgan fingerprint density at radius 1 is 1.29 bits per heavy atom. The number of fused-ring (bicyclic) bond motifs is 1. The van der Waals surface area contributed by atoms with E-state index in [9.17, 15) is 0 Å². The first kappa shape index (κ1) is 14.4. The van der Waals surface area contributed by atoms with Crippen LogP contribution in [0.1, 0.15) is 11.4 Å². The van der Waals surface area contributed by atoms with Gasteiger partial charge in [-0.15, -0.1) is 11.6 Å². The number of benzene rings is 2. The van der Waals surface area contributed by atoms with Crippen molar-refractivity contribution >= 4 is 38.6 Å². The van der Waals surface area contributed by atoms with Crippen LogP contribution in [-0.4, -0.2) is 16.7 Å². The van der Waals surface area contributed by atoms with Crippen molar-refractivity contribution in [3.8, 4) is 11.4 Å². The zero-order chi connectivity index (χ0) is 15.0. The van der Waals surface area contributed by atoms with Gasteiger partial charge in [-0.2, -0.15) is 0 Å². The van der Waals surface area contributed by atoms with Crippen LogP contribution in [0.4, 0.5) is 0 Å². The molecule has 1 heterocycles. The highest BCUT2D eigenvalue weighted by molar-refractivity contribution is 9.10. The first-order chi connectivity index (χ1) is 10.2. The van der Waals surface area contributed by atoms with Gasteiger partial charge in [0.2, 0.25) is 0 Å². The van der Waals surface area contributed by atoms with Crippen molar-refractivity contribution in [1.29, 1.82) is 0 Å². The second kappa shape index (κ2) is 5.70. The number of imidazole rings is 1. The summed E-state index contributed by atoms with van der Waals surface area (Å²) in [7, 11) is 1.65. The van der Waals surface area contributed by atoms with E-state index in [2.05, 4.69) is 44.5 Å². The topological polar surface area (TPSA) is 27.1 Å². The Morgan fingerprint density at radius 2 is 2.10 bits per heavy atom. The summed E-state index contributed by atoms with van der Waals surface area (Å²) in [6.45, 7) is 2.07. The van der Waals surface area contributed by atoms with E-state index in [1.807, 2.05) is 24.3 Å². The summed E-state index contributed by atoms with van der Waals surface area (Å²) in [5, 5.41) is 0. The van der Waals surface area contributed by atoms with E-state index in [-0.39, 0.29) is 0 Å². The number of para-hydroxylation sites is 1. The first-order valence-electron chi connectivity index (χ1n) is 6.52. The molecule has 0 saturated carbocycles. The van der Waals surface area contributed by atoms with Gasteiger partial charge >= 0.3 is 0 Å². The second-order valence-electron chi connectivity index (χ2n) is 4.76. The lowest BCUT2D eigenvalue weighted by molar-refractivity contribution is 0.419. The Kier molecular flexibility index (Phi) is 3.91. The number of aryl methyl sites for hydroxylation is 1. The third-order valence-electron chi connectivity index (χ3n) is 3.46. The van der Waals surface area contributed by atoms with Crippen molar-refractivity contribution in [2.45, 2.75) is 12.8 Å². The summed E-state index contributed by atoms with van der Waals surface area (Å²) in [6, 6.07) is 12.1. The van der Waals surface area contributed by atoms with Gasteiger partial charge in [-0.3, -0.25) is 4.57 Å². The Labute approximate surface area is 136 Å². The van der Waals surface area contributed by atoms with Crippen LogP contribution in [-0.2, 0) is 5.88 Å². The Morgan fingerprint density at radius 3 is 2.76 bits per heavy atom. The number of aromatic nitrogens is 2. The van der Waals surface area contributed by atoms with Crippen LogP contribution >= 0.6 is 27.5 Å². The van der Waals surface area contributed by atoms with E-state index in [0.29, 0.717) is 5.88 Å². The molecule has 0 aliphatic carbocycles. The van der Waals surface area contributed by atoms with Crippen LogP contribution in [0.5, 0.6) is 5.75 Å². The maximum atomic E-state index is 6.10. The number of halogens is 2. The molecule has 0 N–H and O–H groups in total. The molecule has 3 nitrogen and oxygen atoms in total. The number of methoxy groups -OCH3 is 1. The molecular weight excluding hydrogens is 352 g/mol. The minimum Gasteiger partial charge on any atom is -0.494 e. The third-order valence-corrected chi connectivity index (χ3v) is 4.19. The fourth-order valence-electron chi connectivity index (χ4n) is 2.51. The maximum Gasteiger partial charge on any atom is 0.146 e. The van der Waals surface area contributed by atoms with Crippen molar-refractivity contribution in [3.05, 3.63) is 52.3 Å². The summed E-state index contributed by atoms with van der Waals surface area (Å²) in [5.74, 6) is 1.90. The Balaban J connectivity index is 2.35. The lowest BCUT2D eigenvalue weighted by Gasteiger charge is -2.11. The second-order valence-corrected chi connectivity index (χ2v) is 5.94. The standard InChI is InChI=1S/C16H14BrClN2O/c1-10-8-11(17)6-7-12(10)20-13-4-3-5-14(21-2)16(13)19-15(20)9-18/h3-8H,9H2,1-2H3. The lowest BCUT2D eigenvalue weighted by atomic mass is 10.2. The van der Waals surface area contributed by atoms with Gasteiger partial charge in [-0.1, -0.05) is 22.0 Å². The quantitative estimate of drug-likeness (QED) is 0.621. The number of rotatable bonds is 3. The molecule has 0 aliphatic heterocycles. The van der Waals surface area contributed by atoms with Crippen molar-refractivity contribution in [2.24, 2.45) is 0 Å². The first-order valence-corrected chi connectivity index (χ1v) is 7.85. The summed E-state index contributed by atoms with van der Waals surface area (Å²) in [5.41, 5.74) is 4.05. The number of ether oxygens (including phenoxy) is 1. The van der Waals surface area contributed by atoms with Gasteiger partial charge in [0.05, 0.1) is 24.2 Å². The highest BCUT2D eigenvalue weighted by atomic mass is 79.9. The van der Waals surface area contributed by atoms with Crippen LogP contribution in [0.3, 0.4) is 0 Å². The van der Waals surface area contributed by atoms with E-state index in [4.69, 9.17) is 16.3 Å². The minimum absolute atomic E-state index is 0.341. The van der Waals surface area contributed by atoms with Crippen LogP contribution in [0.15, 0.2) is 40.9 Å². The molecule has 0 spiro atoms. The third kappa shape index (κ3) is 2.43. The van der Waals surface area contributed by atoms with Crippen molar-refractivity contribution in [3.63, 3.8) is 0 Å². The van der Waals surface area contributed by atoms with Gasteiger partial charge in [0.25, 0.3) is 0 Å². The molecule has 0 amide bonds. The molecule has 108 valence electrons. The summed E-state index contributed by atoms with van der Waals surface area (Å²) in [4.78, 5) is 4.64. The maximum absolute atomic E-state index is 6.10. The molecule has 0 fully saturated rings. The van der Waals surface area contributed by atoms with Crippen LogP contribution < -0.4 is 4.74 Å². The Bertz CT molecular complexity index is 813. The average Bonchev–Trinajstić information content (AvgIpc) is 2.85. The van der Waals surface area contributed by atoms with Gasteiger partial charge < -0.3 is 4.74 Å². The summed E-state index contributed by atoms with van der Waals surface area (Å²) < 4.78 is 8.54. The molecule has 21 heavy (non-hydrogen) atoms. The van der Waals surface area contributed by atoms with Gasteiger partial charge in [0, 0.05) is 4.47 Å². The molecule has 0 bridgehead atoms. The molecule has 0 atom stereocenters.